The van der Waals surface area contributed by atoms with Crippen molar-refractivity contribution in [1.82, 2.24) is 4.90 Å². The van der Waals surface area contributed by atoms with Gasteiger partial charge in [0, 0.05) is 24.7 Å². The highest BCUT2D eigenvalue weighted by molar-refractivity contribution is 5.79. The summed E-state index contributed by atoms with van der Waals surface area (Å²) in [6.45, 7) is 4.01. The van der Waals surface area contributed by atoms with Crippen molar-refractivity contribution in [2.75, 3.05) is 41.5 Å². The molecule has 0 fully saturated rings. The molecule has 4 heteroatoms. The van der Waals surface area contributed by atoms with Gasteiger partial charge < -0.3 is 19.1 Å². The van der Waals surface area contributed by atoms with E-state index in [0.717, 1.165) is 47.9 Å². The molecule has 110 valence electrons. The largest absolute Gasteiger partial charge is 0.496 e. The van der Waals surface area contributed by atoms with Crippen LogP contribution >= 0.6 is 0 Å². The number of likely N-dealkylation sites (N-methyl/N-ethyl adjacent to an activating group) is 1. The lowest BCUT2D eigenvalue weighted by atomic mass is 9.95. The van der Waals surface area contributed by atoms with Crippen LogP contribution in [0, 0.1) is 6.92 Å². The number of hydrogen-bond donors (Lipinski definition) is 0. The Balaban J connectivity index is 2.58. The van der Waals surface area contributed by atoms with Gasteiger partial charge in [0.1, 0.15) is 17.2 Å². The average Bonchev–Trinajstić information content (AvgIpc) is 2.47. The maximum absolute atomic E-state index is 5.63. The van der Waals surface area contributed by atoms with Crippen molar-refractivity contribution in [2.45, 2.75) is 13.3 Å². The molecular weight excluding hydrogens is 254 g/mol. The smallest absolute Gasteiger partial charge is 0.136 e. The molecule has 2 rings (SSSR count). The van der Waals surface area contributed by atoms with Crippen molar-refractivity contribution in [2.24, 2.45) is 0 Å². The predicted octanol–water partition coefficient (Wildman–Crippen LogP) is 2.74. The number of benzene rings is 1. The number of rotatable bonds is 4. The molecule has 0 N–H and O–H groups in total. The topological polar surface area (TPSA) is 30.9 Å². The quantitative estimate of drug-likeness (QED) is 0.847. The van der Waals surface area contributed by atoms with Crippen LogP contribution in [0.3, 0.4) is 0 Å². The third-order valence-corrected chi connectivity index (χ3v) is 3.82. The lowest BCUT2D eigenvalue weighted by Gasteiger charge is -2.25. The van der Waals surface area contributed by atoms with E-state index in [1.807, 2.05) is 13.0 Å². The van der Waals surface area contributed by atoms with Crippen molar-refractivity contribution in [3.63, 3.8) is 0 Å². The molecule has 0 saturated heterocycles. The molecule has 1 heterocycles. The van der Waals surface area contributed by atoms with Crippen LogP contribution in [0.4, 0.5) is 0 Å². The summed E-state index contributed by atoms with van der Waals surface area (Å²) >= 11 is 0. The predicted molar refractivity (Wildman–Crippen MR) is 80.9 cm³/mol. The van der Waals surface area contributed by atoms with Gasteiger partial charge in [-0.1, -0.05) is 6.08 Å². The van der Waals surface area contributed by atoms with Crippen LogP contribution in [0.5, 0.6) is 17.2 Å². The monoisotopic (exact) mass is 277 g/mol. The van der Waals surface area contributed by atoms with E-state index in [4.69, 9.17) is 14.2 Å². The second kappa shape index (κ2) is 6.18. The summed E-state index contributed by atoms with van der Waals surface area (Å²) in [6.07, 6.45) is 3.24. The van der Waals surface area contributed by atoms with E-state index in [2.05, 4.69) is 18.0 Å². The number of ether oxygens (including phenoxy) is 3. The molecular formula is C16H23NO3. The molecule has 0 radical (unpaired) electrons. The summed E-state index contributed by atoms with van der Waals surface area (Å²) in [6, 6.07) is 1.94. The number of nitrogens with zero attached hydrogens (tertiary/aromatic N) is 1. The molecule has 0 saturated carbocycles. The van der Waals surface area contributed by atoms with Gasteiger partial charge in [-0.2, -0.15) is 0 Å². The Morgan fingerprint density at radius 1 is 1.05 bits per heavy atom. The Morgan fingerprint density at radius 2 is 1.75 bits per heavy atom. The van der Waals surface area contributed by atoms with Crippen LogP contribution in [0.2, 0.25) is 0 Å². The summed E-state index contributed by atoms with van der Waals surface area (Å²) in [7, 11) is 7.17. The highest BCUT2D eigenvalue weighted by Crippen LogP contribution is 2.43. The first kappa shape index (κ1) is 14.7. The summed E-state index contributed by atoms with van der Waals surface area (Å²) in [5.74, 6) is 2.44. The number of hydrogen-bond acceptors (Lipinski definition) is 4. The van der Waals surface area contributed by atoms with Crippen molar-refractivity contribution < 1.29 is 14.2 Å². The minimum atomic E-state index is 0.788. The van der Waals surface area contributed by atoms with Crippen LogP contribution in [-0.2, 0) is 0 Å². The molecule has 0 spiro atoms. The van der Waals surface area contributed by atoms with Gasteiger partial charge in [0.05, 0.1) is 26.9 Å². The van der Waals surface area contributed by atoms with Gasteiger partial charge in [-0.05, 0) is 26.0 Å². The normalized spacial score (nSPS) is 15.8. The summed E-state index contributed by atoms with van der Waals surface area (Å²) < 4.78 is 16.6. The molecule has 1 aliphatic heterocycles. The molecule has 0 aromatic heterocycles. The molecule has 1 aromatic rings. The Labute approximate surface area is 120 Å². The van der Waals surface area contributed by atoms with Gasteiger partial charge in [0.2, 0.25) is 0 Å². The zero-order valence-electron chi connectivity index (χ0n) is 12.9. The Morgan fingerprint density at radius 3 is 2.25 bits per heavy atom. The first-order valence-electron chi connectivity index (χ1n) is 6.79. The first-order chi connectivity index (χ1) is 9.62. The van der Waals surface area contributed by atoms with E-state index in [1.54, 1.807) is 21.3 Å². The lowest BCUT2D eigenvalue weighted by Crippen LogP contribution is -2.24. The fraction of sp³-hybridized carbons (Fsp3) is 0.500. The Bertz CT molecular complexity index is 523. The molecule has 4 nitrogen and oxygen atoms in total. The van der Waals surface area contributed by atoms with Crippen LogP contribution in [0.25, 0.3) is 5.57 Å². The summed E-state index contributed by atoms with van der Waals surface area (Å²) in [4.78, 5) is 2.29. The van der Waals surface area contributed by atoms with E-state index in [-0.39, 0.29) is 0 Å². The second-order valence-electron chi connectivity index (χ2n) is 5.06. The van der Waals surface area contributed by atoms with Gasteiger partial charge in [0.25, 0.3) is 0 Å². The third-order valence-electron chi connectivity index (χ3n) is 3.82. The molecule has 1 aliphatic rings. The minimum Gasteiger partial charge on any atom is -0.496 e. The van der Waals surface area contributed by atoms with Crippen molar-refractivity contribution in [1.29, 1.82) is 0 Å². The van der Waals surface area contributed by atoms with Crippen molar-refractivity contribution in [3.8, 4) is 17.2 Å². The first-order valence-corrected chi connectivity index (χ1v) is 6.79. The Hall–Kier alpha value is -1.68. The molecule has 0 amide bonds. The van der Waals surface area contributed by atoms with Crippen LogP contribution < -0.4 is 14.2 Å². The van der Waals surface area contributed by atoms with Crippen LogP contribution in [0.15, 0.2) is 12.1 Å². The van der Waals surface area contributed by atoms with Crippen molar-refractivity contribution in [3.05, 3.63) is 23.3 Å². The van der Waals surface area contributed by atoms with E-state index in [9.17, 15) is 0 Å². The molecule has 0 atom stereocenters. The van der Waals surface area contributed by atoms with Crippen LogP contribution in [-0.4, -0.2) is 46.4 Å². The minimum absolute atomic E-state index is 0.788. The molecule has 1 aromatic carbocycles. The van der Waals surface area contributed by atoms with Crippen molar-refractivity contribution >= 4 is 5.57 Å². The van der Waals surface area contributed by atoms with Gasteiger partial charge in [-0.25, -0.2) is 0 Å². The average molecular weight is 277 g/mol. The fourth-order valence-corrected chi connectivity index (χ4v) is 2.64. The summed E-state index contributed by atoms with van der Waals surface area (Å²) in [5.41, 5.74) is 3.34. The highest BCUT2D eigenvalue weighted by Gasteiger charge is 2.22. The zero-order valence-corrected chi connectivity index (χ0v) is 12.9. The highest BCUT2D eigenvalue weighted by atomic mass is 16.5. The van der Waals surface area contributed by atoms with E-state index >= 15 is 0 Å². The van der Waals surface area contributed by atoms with Crippen LogP contribution in [0.1, 0.15) is 17.5 Å². The van der Waals surface area contributed by atoms with Gasteiger partial charge in [0.15, 0.2) is 0 Å². The molecule has 20 heavy (non-hydrogen) atoms. The van der Waals surface area contributed by atoms with E-state index in [0.29, 0.717) is 0 Å². The second-order valence-corrected chi connectivity index (χ2v) is 5.06. The van der Waals surface area contributed by atoms with Gasteiger partial charge in [-0.15, -0.1) is 0 Å². The lowest BCUT2D eigenvalue weighted by molar-refractivity contribution is 0.360. The third kappa shape index (κ3) is 2.61. The summed E-state index contributed by atoms with van der Waals surface area (Å²) in [5, 5.41) is 0. The van der Waals surface area contributed by atoms with E-state index < -0.39 is 0 Å². The fourth-order valence-electron chi connectivity index (χ4n) is 2.64. The standard InChI is InChI=1S/C16H23NO3/c1-11-13(18-3)10-14(19-4)15(16(11)20-5)12-6-8-17(2)9-7-12/h6,10H,7-9H2,1-5H3. The zero-order chi connectivity index (χ0) is 14.7. The maximum Gasteiger partial charge on any atom is 0.136 e. The molecule has 0 aliphatic carbocycles. The maximum atomic E-state index is 5.63. The Kier molecular flexibility index (Phi) is 4.55. The number of methoxy groups -OCH3 is 3. The van der Waals surface area contributed by atoms with Gasteiger partial charge in [-0.3, -0.25) is 0 Å². The molecule has 0 bridgehead atoms. The van der Waals surface area contributed by atoms with Gasteiger partial charge >= 0.3 is 0 Å². The van der Waals surface area contributed by atoms with E-state index in [1.165, 1.54) is 5.57 Å². The molecule has 0 unspecified atom stereocenters. The SMILES string of the molecule is COc1cc(OC)c(C2=CCN(C)CC2)c(OC)c1C.